The van der Waals surface area contributed by atoms with Crippen molar-refractivity contribution in [2.45, 2.75) is 12.8 Å². The Bertz CT molecular complexity index is 98.6. The van der Waals surface area contributed by atoms with Gasteiger partial charge in [-0.05, 0) is 11.4 Å². The van der Waals surface area contributed by atoms with Crippen molar-refractivity contribution in [2.75, 3.05) is 0 Å². The van der Waals surface area contributed by atoms with Gasteiger partial charge in [-0.15, -0.1) is 0 Å². The lowest BCUT2D eigenvalue weighted by Crippen LogP contribution is -1.91. The summed E-state index contributed by atoms with van der Waals surface area (Å²) in [6.07, 6.45) is 2.57. The van der Waals surface area contributed by atoms with Crippen molar-refractivity contribution in [1.29, 1.82) is 0 Å². The highest BCUT2D eigenvalue weighted by Gasteiger charge is 1.89. The predicted molar refractivity (Wildman–Crippen MR) is 34.9 cm³/mol. The average molecular weight is 179 g/mol. The molecule has 0 saturated heterocycles. The first-order valence-corrected chi connectivity index (χ1v) is 3.16. The fourth-order valence-electron chi connectivity index (χ4n) is 0.270. The van der Waals surface area contributed by atoms with Gasteiger partial charge in [-0.3, -0.25) is 4.79 Å². The third-order valence-corrected chi connectivity index (χ3v) is 0.988. The van der Waals surface area contributed by atoms with Crippen molar-refractivity contribution >= 4 is 21.9 Å². The van der Waals surface area contributed by atoms with E-state index < -0.39 is 5.97 Å². The van der Waals surface area contributed by atoms with Crippen LogP contribution in [0.3, 0.4) is 0 Å². The molecule has 0 heterocycles. The minimum absolute atomic E-state index is 0.210. The Morgan fingerprint density at radius 1 is 1.75 bits per heavy atom. The lowest BCUT2D eigenvalue weighted by atomic mass is 10.3. The Kier molecular flexibility index (Phi) is 4.65. The smallest absolute Gasteiger partial charge is 0.303 e. The van der Waals surface area contributed by atoms with E-state index in [0.29, 0.717) is 6.42 Å². The molecule has 0 aromatic rings. The third kappa shape index (κ3) is 5.69. The first kappa shape index (κ1) is 7.69. The summed E-state index contributed by atoms with van der Waals surface area (Å²) < 4.78 is 0. The molecular weight excluding hydrogens is 172 g/mol. The maximum absolute atomic E-state index is 9.82. The number of carbonyl (C=O) groups is 1. The van der Waals surface area contributed by atoms with Crippen LogP contribution in [0.4, 0.5) is 0 Å². The van der Waals surface area contributed by atoms with Crippen molar-refractivity contribution in [2.24, 2.45) is 0 Å². The van der Waals surface area contributed by atoms with Crippen LogP contribution in [0, 0.1) is 0 Å². The van der Waals surface area contributed by atoms with Crippen molar-refractivity contribution in [3.63, 3.8) is 0 Å². The van der Waals surface area contributed by atoms with Gasteiger partial charge in [0.05, 0.1) is 0 Å². The van der Waals surface area contributed by atoms with E-state index >= 15 is 0 Å². The van der Waals surface area contributed by atoms with Crippen LogP contribution in [0.5, 0.6) is 0 Å². The van der Waals surface area contributed by atoms with E-state index in [1.165, 1.54) is 0 Å². The molecule has 0 fully saturated rings. The Morgan fingerprint density at radius 2 is 2.38 bits per heavy atom. The molecule has 0 rings (SSSR count). The van der Waals surface area contributed by atoms with Gasteiger partial charge in [-0.2, -0.15) is 0 Å². The van der Waals surface area contributed by atoms with Gasteiger partial charge in [-0.1, -0.05) is 22.0 Å². The molecule has 0 aliphatic rings. The predicted octanol–water partition coefficient (Wildman–Crippen LogP) is 1.76. The van der Waals surface area contributed by atoms with E-state index in [9.17, 15) is 4.79 Å². The summed E-state index contributed by atoms with van der Waals surface area (Å²) in [7, 11) is 0. The second kappa shape index (κ2) is 4.84. The average Bonchev–Trinajstić information content (AvgIpc) is 1.66. The largest absolute Gasteiger partial charge is 0.481 e. The summed E-state index contributed by atoms with van der Waals surface area (Å²) in [6, 6.07) is 0. The van der Waals surface area contributed by atoms with Crippen LogP contribution in [-0.2, 0) is 4.79 Å². The van der Waals surface area contributed by atoms with E-state index in [0.717, 1.165) is 0 Å². The minimum Gasteiger partial charge on any atom is -0.481 e. The molecule has 8 heavy (non-hydrogen) atoms. The summed E-state index contributed by atoms with van der Waals surface area (Å²) >= 11 is 3.03. The fourth-order valence-corrected chi connectivity index (χ4v) is 0.534. The SMILES string of the molecule is O=C(O)CC/C=C\Br. The molecule has 1 N–H and O–H groups in total. The van der Waals surface area contributed by atoms with Gasteiger partial charge in [0, 0.05) is 6.42 Å². The molecule has 0 aliphatic heterocycles. The van der Waals surface area contributed by atoms with Gasteiger partial charge in [0.25, 0.3) is 0 Å². The second-order valence-electron chi connectivity index (χ2n) is 1.29. The van der Waals surface area contributed by atoms with Crippen molar-refractivity contribution < 1.29 is 9.90 Å². The molecule has 2 nitrogen and oxygen atoms in total. The van der Waals surface area contributed by atoms with Crippen LogP contribution in [0.25, 0.3) is 0 Å². The molecule has 0 atom stereocenters. The lowest BCUT2D eigenvalue weighted by Gasteiger charge is -1.83. The molecule has 0 aromatic carbocycles. The van der Waals surface area contributed by atoms with Gasteiger partial charge in [0.2, 0.25) is 0 Å². The zero-order valence-corrected chi connectivity index (χ0v) is 5.89. The third-order valence-electron chi connectivity index (χ3n) is 0.614. The molecule has 3 heteroatoms. The van der Waals surface area contributed by atoms with Gasteiger partial charge in [0.15, 0.2) is 0 Å². The van der Waals surface area contributed by atoms with Gasteiger partial charge in [-0.25, -0.2) is 0 Å². The first-order valence-electron chi connectivity index (χ1n) is 2.24. The zero-order valence-electron chi connectivity index (χ0n) is 4.30. The van der Waals surface area contributed by atoms with Gasteiger partial charge in [0.1, 0.15) is 0 Å². The number of hydrogen-bond donors (Lipinski definition) is 1. The van der Waals surface area contributed by atoms with Crippen LogP contribution >= 0.6 is 15.9 Å². The summed E-state index contributed by atoms with van der Waals surface area (Å²) in [5.74, 6) is -0.754. The molecule has 0 radical (unpaired) electrons. The standard InChI is InChI=1S/C5H7BrO2/c6-4-2-1-3-5(7)8/h2,4H,1,3H2,(H,7,8)/b4-2-. The maximum atomic E-state index is 9.82. The Balaban J connectivity index is 3.05. The molecule has 0 bridgehead atoms. The molecule has 0 unspecified atom stereocenters. The number of carboxylic acids is 1. The topological polar surface area (TPSA) is 37.3 Å². The summed E-state index contributed by atoms with van der Waals surface area (Å²) in [4.78, 5) is 11.5. The monoisotopic (exact) mass is 178 g/mol. The molecule has 0 aliphatic carbocycles. The van der Waals surface area contributed by atoms with E-state index in [2.05, 4.69) is 15.9 Å². The molecule has 0 saturated carbocycles. The van der Waals surface area contributed by atoms with E-state index in [-0.39, 0.29) is 6.42 Å². The van der Waals surface area contributed by atoms with E-state index in [4.69, 9.17) is 5.11 Å². The molecule has 0 spiro atoms. The molecular formula is C5H7BrO2. The summed E-state index contributed by atoms with van der Waals surface area (Å²) in [5.41, 5.74) is 0. The maximum Gasteiger partial charge on any atom is 0.303 e. The number of carboxylic acid groups (broad SMARTS) is 1. The van der Waals surface area contributed by atoms with Crippen molar-refractivity contribution in [1.82, 2.24) is 0 Å². The summed E-state index contributed by atoms with van der Waals surface area (Å²) in [6.45, 7) is 0. The van der Waals surface area contributed by atoms with Crippen LogP contribution in [0.15, 0.2) is 11.1 Å². The number of allylic oxidation sites excluding steroid dienone is 1. The Hall–Kier alpha value is -0.310. The quantitative estimate of drug-likeness (QED) is 0.716. The number of halogens is 1. The minimum atomic E-state index is -0.754. The van der Waals surface area contributed by atoms with Crippen molar-refractivity contribution in [3.05, 3.63) is 11.1 Å². The van der Waals surface area contributed by atoms with Crippen molar-refractivity contribution in [3.8, 4) is 0 Å². The van der Waals surface area contributed by atoms with Crippen LogP contribution in [0.2, 0.25) is 0 Å². The first-order chi connectivity index (χ1) is 3.77. The molecule has 46 valence electrons. The lowest BCUT2D eigenvalue weighted by molar-refractivity contribution is -0.136. The van der Waals surface area contributed by atoms with Gasteiger partial charge < -0.3 is 5.11 Å². The summed E-state index contributed by atoms with van der Waals surface area (Å²) in [5, 5.41) is 8.09. The highest BCUT2D eigenvalue weighted by molar-refractivity contribution is 9.11. The number of hydrogen-bond acceptors (Lipinski definition) is 1. The highest BCUT2D eigenvalue weighted by Crippen LogP contribution is 1.92. The Morgan fingerprint density at radius 3 is 2.75 bits per heavy atom. The number of rotatable bonds is 3. The van der Waals surface area contributed by atoms with Crippen LogP contribution in [-0.4, -0.2) is 11.1 Å². The molecule has 0 aromatic heterocycles. The van der Waals surface area contributed by atoms with Gasteiger partial charge >= 0.3 is 5.97 Å². The highest BCUT2D eigenvalue weighted by atomic mass is 79.9. The van der Waals surface area contributed by atoms with Crippen LogP contribution < -0.4 is 0 Å². The fraction of sp³-hybridized carbons (Fsp3) is 0.400. The normalized spacial score (nSPS) is 10.1. The van der Waals surface area contributed by atoms with Crippen LogP contribution in [0.1, 0.15) is 12.8 Å². The zero-order chi connectivity index (χ0) is 6.41. The Labute approximate surface area is 56.3 Å². The van der Waals surface area contributed by atoms with E-state index in [1.54, 1.807) is 11.1 Å². The molecule has 0 amide bonds. The number of aliphatic carboxylic acids is 1. The van der Waals surface area contributed by atoms with E-state index in [1.807, 2.05) is 0 Å². The second-order valence-corrected chi connectivity index (χ2v) is 1.82.